The molecule has 29 heavy (non-hydrogen) atoms. The van der Waals surface area contributed by atoms with Crippen molar-refractivity contribution in [3.05, 3.63) is 83.7 Å². The lowest BCUT2D eigenvalue weighted by Gasteiger charge is -2.12. The molecule has 0 radical (unpaired) electrons. The Bertz CT molecular complexity index is 1150. The number of rotatable bonds is 6. The van der Waals surface area contributed by atoms with Crippen LogP contribution in [0.2, 0.25) is 0 Å². The van der Waals surface area contributed by atoms with E-state index < -0.39 is 21.7 Å². The molecule has 0 bridgehead atoms. The summed E-state index contributed by atoms with van der Waals surface area (Å²) in [6.07, 6.45) is 0. The Balaban J connectivity index is 1.84. The molecule has 0 aliphatic carbocycles. The molecule has 3 aromatic rings. The van der Waals surface area contributed by atoms with Crippen LogP contribution >= 0.6 is 0 Å². The number of amides is 1. The van der Waals surface area contributed by atoms with Gasteiger partial charge >= 0.3 is 0 Å². The highest BCUT2D eigenvalue weighted by atomic mass is 32.2. The van der Waals surface area contributed by atoms with Gasteiger partial charge in [-0.2, -0.15) is 0 Å². The number of aryl methyl sites for hydroxylation is 1. The van der Waals surface area contributed by atoms with Crippen molar-refractivity contribution in [2.75, 3.05) is 17.1 Å². The molecule has 0 spiro atoms. The van der Waals surface area contributed by atoms with Gasteiger partial charge in [0.25, 0.3) is 15.9 Å². The van der Waals surface area contributed by atoms with E-state index in [9.17, 15) is 17.6 Å². The summed E-state index contributed by atoms with van der Waals surface area (Å²) >= 11 is 0. The van der Waals surface area contributed by atoms with E-state index in [1.807, 2.05) is 13.0 Å². The molecule has 1 amide bonds. The van der Waals surface area contributed by atoms with Gasteiger partial charge in [0.15, 0.2) is 0 Å². The molecule has 0 aliphatic heterocycles. The lowest BCUT2D eigenvalue weighted by atomic mass is 10.1. The minimum Gasteiger partial charge on any atom is -0.495 e. The van der Waals surface area contributed by atoms with Gasteiger partial charge < -0.3 is 10.1 Å². The molecule has 3 rings (SSSR count). The van der Waals surface area contributed by atoms with E-state index in [-0.39, 0.29) is 16.1 Å². The maximum absolute atomic E-state index is 13.0. The minimum absolute atomic E-state index is 0.0920. The van der Waals surface area contributed by atoms with E-state index in [1.54, 1.807) is 12.1 Å². The zero-order chi connectivity index (χ0) is 21.0. The highest BCUT2D eigenvalue weighted by Crippen LogP contribution is 2.26. The van der Waals surface area contributed by atoms with Gasteiger partial charge in [-0.1, -0.05) is 12.1 Å². The van der Waals surface area contributed by atoms with Crippen molar-refractivity contribution in [1.29, 1.82) is 0 Å². The van der Waals surface area contributed by atoms with E-state index >= 15 is 0 Å². The molecule has 150 valence electrons. The van der Waals surface area contributed by atoms with E-state index in [0.717, 1.165) is 17.7 Å². The van der Waals surface area contributed by atoms with Crippen LogP contribution in [0.1, 0.15) is 15.9 Å². The number of carbonyl (C=O) groups is 1. The summed E-state index contributed by atoms with van der Waals surface area (Å²) in [6, 6.07) is 15.9. The third kappa shape index (κ3) is 4.91. The molecule has 0 saturated heterocycles. The molecule has 0 aliphatic rings. The quantitative estimate of drug-likeness (QED) is 0.633. The SMILES string of the molecule is COc1ccc(C)cc1NC(=O)c1cccc(S(=O)(=O)Nc2ccc(F)cc2)c1. The summed E-state index contributed by atoms with van der Waals surface area (Å²) in [7, 11) is -2.46. The van der Waals surface area contributed by atoms with Crippen molar-refractivity contribution in [3.8, 4) is 5.75 Å². The molecule has 0 heterocycles. The maximum Gasteiger partial charge on any atom is 0.261 e. The number of carbonyl (C=O) groups excluding carboxylic acids is 1. The van der Waals surface area contributed by atoms with Gasteiger partial charge in [0.05, 0.1) is 17.7 Å². The zero-order valence-corrected chi connectivity index (χ0v) is 16.6. The molecule has 0 aromatic heterocycles. The average molecular weight is 414 g/mol. The van der Waals surface area contributed by atoms with Gasteiger partial charge in [-0.05, 0) is 67.1 Å². The van der Waals surface area contributed by atoms with Gasteiger partial charge in [-0.15, -0.1) is 0 Å². The Morgan fingerprint density at radius 1 is 1.00 bits per heavy atom. The highest BCUT2D eigenvalue weighted by molar-refractivity contribution is 7.92. The molecular formula is C21H19FN2O4S. The summed E-state index contributed by atoms with van der Waals surface area (Å²) in [6.45, 7) is 1.88. The lowest BCUT2D eigenvalue weighted by Crippen LogP contribution is -2.16. The van der Waals surface area contributed by atoms with Gasteiger partial charge in [0.1, 0.15) is 11.6 Å². The van der Waals surface area contributed by atoms with Crippen molar-refractivity contribution < 1.29 is 22.3 Å². The van der Waals surface area contributed by atoms with Gasteiger partial charge in [0.2, 0.25) is 0 Å². The van der Waals surface area contributed by atoms with Crippen molar-refractivity contribution in [2.24, 2.45) is 0 Å². The summed E-state index contributed by atoms with van der Waals surface area (Å²) in [4.78, 5) is 12.6. The fourth-order valence-electron chi connectivity index (χ4n) is 2.65. The largest absolute Gasteiger partial charge is 0.495 e. The topological polar surface area (TPSA) is 84.5 Å². The zero-order valence-electron chi connectivity index (χ0n) is 15.8. The number of benzene rings is 3. The molecule has 6 nitrogen and oxygen atoms in total. The second-order valence-corrected chi connectivity index (χ2v) is 7.98. The van der Waals surface area contributed by atoms with E-state index in [1.165, 1.54) is 43.5 Å². The van der Waals surface area contributed by atoms with Crippen molar-refractivity contribution in [2.45, 2.75) is 11.8 Å². The number of hydrogen-bond acceptors (Lipinski definition) is 4. The first-order valence-corrected chi connectivity index (χ1v) is 10.1. The third-order valence-electron chi connectivity index (χ3n) is 4.11. The van der Waals surface area contributed by atoms with Crippen LogP contribution < -0.4 is 14.8 Å². The van der Waals surface area contributed by atoms with Crippen molar-refractivity contribution >= 4 is 27.3 Å². The Hall–Kier alpha value is -3.39. The monoisotopic (exact) mass is 414 g/mol. The minimum atomic E-state index is -3.95. The van der Waals surface area contributed by atoms with E-state index in [2.05, 4.69) is 10.0 Å². The van der Waals surface area contributed by atoms with Crippen LogP contribution in [0.15, 0.2) is 71.6 Å². The molecule has 0 saturated carbocycles. The Morgan fingerprint density at radius 2 is 1.72 bits per heavy atom. The first-order valence-electron chi connectivity index (χ1n) is 8.63. The van der Waals surface area contributed by atoms with E-state index in [0.29, 0.717) is 11.4 Å². The van der Waals surface area contributed by atoms with Crippen LogP contribution in [0.4, 0.5) is 15.8 Å². The third-order valence-corrected chi connectivity index (χ3v) is 5.49. The van der Waals surface area contributed by atoms with Crippen molar-refractivity contribution in [3.63, 3.8) is 0 Å². The number of anilines is 2. The lowest BCUT2D eigenvalue weighted by molar-refractivity contribution is 0.102. The Kier molecular flexibility index (Phi) is 5.84. The molecule has 0 fully saturated rings. The maximum atomic E-state index is 13.0. The highest BCUT2D eigenvalue weighted by Gasteiger charge is 2.17. The first-order chi connectivity index (χ1) is 13.8. The second-order valence-electron chi connectivity index (χ2n) is 6.30. The molecule has 0 unspecified atom stereocenters. The number of ether oxygens (including phenoxy) is 1. The van der Waals surface area contributed by atoms with Crippen LogP contribution in [0.5, 0.6) is 5.75 Å². The fourth-order valence-corrected chi connectivity index (χ4v) is 3.75. The van der Waals surface area contributed by atoms with E-state index in [4.69, 9.17) is 4.74 Å². The molecule has 0 atom stereocenters. The van der Waals surface area contributed by atoms with Crippen LogP contribution in [-0.4, -0.2) is 21.4 Å². The first kappa shape index (κ1) is 20.3. The molecule has 8 heteroatoms. The predicted molar refractivity (Wildman–Crippen MR) is 109 cm³/mol. The van der Waals surface area contributed by atoms with Crippen LogP contribution in [-0.2, 0) is 10.0 Å². The number of hydrogen-bond donors (Lipinski definition) is 2. The number of halogens is 1. The summed E-state index contributed by atoms with van der Waals surface area (Å²) in [5.41, 5.74) is 1.79. The normalized spacial score (nSPS) is 11.0. The summed E-state index contributed by atoms with van der Waals surface area (Å²) in [5.74, 6) is -0.461. The Morgan fingerprint density at radius 3 is 2.41 bits per heavy atom. The summed E-state index contributed by atoms with van der Waals surface area (Å²) in [5, 5.41) is 2.73. The van der Waals surface area contributed by atoms with Crippen molar-refractivity contribution in [1.82, 2.24) is 0 Å². The second kappa shape index (κ2) is 8.32. The number of sulfonamides is 1. The molecular weight excluding hydrogens is 395 g/mol. The number of methoxy groups -OCH3 is 1. The molecule has 3 aromatic carbocycles. The standard InChI is InChI=1S/C21H19FN2O4S/c1-14-6-11-20(28-2)19(12-14)23-21(25)15-4-3-5-18(13-15)29(26,27)24-17-9-7-16(22)8-10-17/h3-13,24H,1-2H3,(H,23,25). The van der Waals surface area contributed by atoms with Crippen LogP contribution in [0, 0.1) is 12.7 Å². The fraction of sp³-hybridized carbons (Fsp3) is 0.0952. The van der Waals surface area contributed by atoms with Crippen LogP contribution in [0.25, 0.3) is 0 Å². The summed E-state index contributed by atoms with van der Waals surface area (Å²) < 4.78 is 45.8. The van der Waals surface area contributed by atoms with Gasteiger partial charge in [-0.25, -0.2) is 12.8 Å². The Labute approximate surface area is 168 Å². The predicted octanol–water partition coefficient (Wildman–Crippen LogP) is 4.20. The number of nitrogens with one attached hydrogen (secondary N) is 2. The molecule has 2 N–H and O–H groups in total. The van der Waals surface area contributed by atoms with Gasteiger partial charge in [0, 0.05) is 11.3 Å². The average Bonchev–Trinajstić information content (AvgIpc) is 2.70. The van der Waals surface area contributed by atoms with Crippen LogP contribution in [0.3, 0.4) is 0 Å². The smallest absolute Gasteiger partial charge is 0.261 e. The van der Waals surface area contributed by atoms with Gasteiger partial charge in [-0.3, -0.25) is 9.52 Å².